The number of hydrogen-bond donors (Lipinski definition) is 1. The number of anilines is 1. The average Bonchev–Trinajstić information content (AvgIpc) is 2.81. The van der Waals surface area contributed by atoms with Crippen LogP contribution in [0, 0.1) is 6.92 Å². The highest BCUT2D eigenvalue weighted by molar-refractivity contribution is 7.13. The van der Waals surface area contributed by atoms with Crippen molar-refractivity contribution in [1.82, 2.24) is 9.97 Å². The Morgan fingerprint density at radius 3 is 2.60 bits per heavy atom. The topological polar surface area (TPSA) is 37.8 Å². The predicted molar refractivity (Wildman–Crippen MR) is 73.9 cm³/mol. The molecular formula is C13H14F3N3S. The van der Waals surface area contributed by atoms with Gasteiger partial charge in [-0.15, -0.1) is 11.3 Å². The van der Waals surface area contributed by atoms with E-state index in [1.165, 1.54) is 11.3 Å². The number of thiophene rings is 1. The molecule has 2 aromatic heterocycles. The highest BCUT2D eigenvalue weighted by Gasteiger charge is 2.34. The molecule has 0 radical (unpaired) electrons. The van der Waals surface area contributed by atoms with Gasteiger partial charge in [0.15, 0.2) is 5.69 Å². The number of aromatic nitrogens is 2. The molecule has 0 aliphatic rings. The zero-order valence-corrected chi connectivity index (χ0v) is 11.9. The van der Waals surface area contributed by atoms with Crippen LogP contribution in [-0.4, -0.2) is 16.5 Å². The Hall–Kier alpha value is -1.63. The first-order valence-corrected chi connectivity index (χ1v) is 7.04. The van der Waals surface area contributed by atoms with E-state index in [9.17, 15) is 13.2 Å². The van der Waals surface area contributed by atoms with Gasteiger partial charge in [-0.2, -0.15) is 13.2 Å². The van der Waals surface area contributed by atoms with Crippen molar-refractivity contribution in [2.45, 2.75) is 26.4 Å². The Morgan fingerprint density at radius 1 is 1.30 bits per heavy atom. The van der Waals surface area contributed by atoms with Crippen LogP contribution >= 0.6 is 11.3 Å². The maximum atomic E-state index is 12.9. The second-order valence-electron chi connectivity index (χ2n) is 4.32. The van der Waals surface area contributed by atoms with E-state index in [0.29, 0.717) is 12.2 Å². The lowest BCUT2D eigenvalue weighted by Crippen LogP contribution is -2.13. The molecule has 3 nitrogen and oxygen atoms in total. The van der Waals surface area contributed by atoms with E-state index in [1.807, 2.05) is 25.3 Å². The van der Waals surface area contributed by atoms with Crippen molar-refractivity contribution < 1.29 is 13.2 Å². The highest BCUT2D eigenvalue weighted by atomic mass is 32.1. The Morgan fingerprint density at radius 2 is 2.05 bits per heavy atom. The summed E-state index contributed by atoms with van der Waals surface area (Å²) in [5.74, 6) is 0.0180. The Balaban J connectivity index is 2.48. The first-order chi connectivity index (χ1) is 9.41. The number of alkyl halides is 3. The van der Waals surface area contributed by atoms with Gasteiger partial charge in [0.25, 0.3) is 0 Å². The fourth-order valence-corrected chi connectivity index (χ4v) is 2.55. The molecule has 0 aromatic carbocycles. The molecule has 2 aromatic rings. The van der Waals surface area contributed by atoms with Gasteiger partial charge in [0.05, 0.1) is 10.6 Å². The Kier molecular flexibility index (Phi) is 4.27. The Labute approximate surface area is 118 Å². The van der Waals surface area contributed by atoms with E-state index in [4.69, 9.17) is 0 Å². The molecule has 0 fully saturated rings. The standard InChI is InChI=1S/C13H14F3N3S/c1-3-5-17-12-18-9(11-8(2)4-6-20-11)7-10(19-12)13(14,15)16/h4,6-7H,3,5H2,1-2H3,(H,17,18,19). The van der Waals surface area contributed by atoms with Gasteiger partial charge in [0.2, 0.25) is 5.95 Å². The van der Waals surface area contributed by atoms with Crippen LogP contribution in [-0.2, 0) is 6.18 Å². The maximum Gasteiger partial charge on any atom is 0.433 e. The van der Waals surface area contributed by atoms with Gasteiger partial charge < -0.3 is 5.32 Å². The maximum absolute atomic E-state index is 12.9. The average molecular weight is 301 g/mol. The van der Waals surface area contributed by atoms with Crippen LogP contribution in [0.1, 0.15) is 24.6 Å². The summed E-state index contributed by atoms with van der Waals surface area (Å²) in [6.45, 7) is 4.30. The van der Waals surface area contributed by atoms with E-state index in [2.05, 4.69) is 15.3 Å². The lowest BCUT2D eigenvalue weighted by Gasteiger charge is -2.11. The number of aryl methyl sites for hydroxylation is 1. The molecule has 2 rings (SSSR count). The lowest BCUT2D eigenvalue weighted by molar-refractivity contribution is -0.141. The largest absolute Gasteiger partial charge is 0.433 e. The third-order valence-electron chi connectivity index (χ3n) is 2.64. The first kappa shape index (κ1) is 14.8. The van der Waals surface area contributed by atoms with Gasteiger partial charge in [-0.3, -0.25) is 0 Å². The summed E-state index contributed by atoms with van der Waals surface area (Å²) in [4.78, 5) is 8.45. The normalized spacial score (nSPS) is 11.7. The van der Waals surface area contributed by atoms with Crippen LogP contribution in [0.15, 0.2) is 17.5 Å². The molecule has 0 unspecified atom stereocenters. The summed E-state index contributed by atoms with van der Waals surface area (Å²) in [7, 11) is 0. The van der Waals surface area contributed by atoms with Gasteiger partial charge in [-0.25, -0.2) is 9.97 Å². The van der Waals surface area contributed by atoms with Gasteiger partial charge in [0, 0.05) is 6.54 Å². The zero-order valence-electron chi connectivity index (χ0n) is 11.1. The van der Waals surface area contributed by atoms with Gasteiger partial charge >= 0.3 is 6.18 Å². The number of halogens is 3. The summed E-state index contributed by atoms with van der Waals surface area (Å²) in [5.41, 5.74) is 0.288. The van der Waals surface area contributed by atoms with Crippen LogP contribution in [0.25, 0.3) is 10.6 Å². The second-order valence-corrected chi connectivity index (χ2v) is 5.24. The smallest absolute Gasteiger partial charge is 0.354 e. The molecular weight excluding hydrogens is 287 g/mol. The molecule has 0 saturated heterocycles. The number of nitrogens with one attached hydrogen (secondary N) is 1. The molecule has 1 N–H and O–H groups in total. The fourth-order valence-electron chi connectivity index (χ4n) is 1.66. The van der Waals surface area contributed by atoms with Crippen molar-refractivity contribution in [2.24, 2.45) is 0 Å². The van der Waals surface area contributed by atoms with Crippen molar-refractivity contribution in [3.8, 4) is 10.6 Å². The molecule has 108 valence electrons. The number of hydrogen-bond acceptors (Lipinski definition) is 4. The number of nitrogens with zero attached hydrogens (tertiary/aromatic N) is 2. The molecule has 2 heterocycles. The molecule has 0 saturated carbocycles. The monoisotopic (exact) mass is 301 g/mol. The Bertz CT molecular complexity index is 593. The minimum atomic E-state index is -4.48. The number of rotatable bonds is 4. The summed E-state index contributed by atoms with van der Waals surface area (Å²) in [6.07, 6.45) is -3.70. The van der Waals surface area contributed by atoms with Crippen molar-refractivity contribution >= 4 is 17.3 Å². The molecule has 0 bridgehead atoms. The van der Waals surface area contributed by atoms with E-state index in [-0.39, 0.29) is 5.95 Å². The summed E-state index contributed by atoms with van der Waals surface area (Å²) < 4.78 is 38.7. The lowest BCUT2D eigenvalue weighted by atomic mass is 10.2. The van der Waals surface area contributed by atoms with Crippen molar-refractivity contribution in [3.63, 3.8) is 0 Å². The van der Waals surface area contributed by atoms with Crippen LogP contribution in [0.5, 0.6) is 0 Å². The van der Waals surface area contributed by atoms with Crippen LogP contribution in [0.4, 0.5) is 19.1 Å². The molecule has 20 heavy (non-hydrogen) atoms. The van der Waals surface area contributed by atoms with Crippen molar-refractivity contribution in [3.05, 3.63) is 28.8 Å². The summed E-state index contributed by atoms with van der Waals surface area (Å²) >= 11 is 1.37. The van der Waals surface area contributed by atoms with Crippen molar-refractivity contribution in [2.75, 3.05) is 11.9 Å². The minimum absolute atomic E-state index is 0.0180. The molecule has 0 atom stereocenters. The highest BCUT2D eigenvalue weighted by Crippen LogP contribution is 2.33. The van der Waals surface area contributed by atoms with E-state index in [1.54, 1.807) is 0 Å². The zero-order chi connectivity index (χ0) is 14.8. The van der Waals surface area contributed by atoms with E-state index >= 15 is 0 Å². The van der Waals surface area contributed by atoms with Crippen LogP contribution in [0.3, 0.4) is 0 Å². The van der Waals surface area contributed by atoms with Crippen molar-refractivity contribution in [1.29, 1.82) is 0 Å². The quantitative estimate of drug-likeness (QED) is 0.912. The summed E-state index contributed by atoms with van der Waals surface area (Å²) in [6, 6.07) is 2.85. The molecule has 0 aliphatic heterocycles. The van der Waals surface area contributed by atoms with Crippen LogP contribution in [0.2, 0.25) is 0 Å². The first-order valence-electron chi connectivity index (χ1n) is 6.16. The third kappa shape index (κ3) is 3.27. The van der Waals surface area contributed by atoms with Crippen LogP contribution < -0.4 is 5.32 Å². The van der Waals surface area contributed by atoms with E-state index in [0.717, 1.165) is 22.9 Å². The predicted octanol–water partition coefficient (Wildman–Crippen LogP) is 4.35. The summed E-state index contributed by atoms with van der Waals surface area (Å²) in [5, 5.41) is 4.64. The SMILES string of the molecule is CCCNc1nc(-c2sccc2C)cc(C(F)(F)F)n1. The third-order valence-corrected chi connectivity index (χ3v) is 3.68. The van der Waals surface area contributed by atoms with Gasteiger partial charge in [-0.1, -0.05) is 6.92 Å². The minimum Gasteiger partial charge on any atom is -0.354 e. The van der Waals surface area contributed by atoms with E-state index < -0.39 is 11.9 Å². The molecule has 0 spiro atoms. The molecule has 0 amide bonds. The van der Waals surface area contributed by atoms with Gasteiger partial charge in [-0.05, 0) is 36.4 Å². The molecule has 0 aliphatic carbocycles. The molecule has 7 heteroatoms. The fraction of sp³-hybridized carbons (Fsp3) is 0.385. The van der Waals surface area contributed by atoms with Gasteiger partial charge in [0.1, 0.15) is 0 Å². The second kappa shape index (κ2) is 5.78.